The number of hydrogen-bond acceptors (Lipinski definition) is 3. The first-order valence-electron chi connectivity index (χ1n) is 11.5. The zero-order valence-electron chi connectivity index (χ0n) is 19.5. The standard InChI is InChI=1S/C24H30N4O.C2H6.2H2/c1-14(2)21-12-20(27-24-22(23(25)29)26-13-28(21)24)16(4)5-6-17-7-8-18-9-15(3)10-19(18)11-17;1-2;;/h10,13,17,21H,1,4-9,11-12H2,2-3H3,(H2,25,29);1-2H3;2*1H. The van der Waals surface area contributed by atoms with E-state index in [0.29, 0.717) is 11.7 Å². The van der Waals surface area contributed by atoms with Crippen LogP contribution < -0.4 is 5.73 Å². The van der Waals surface area contributed by atoms with Crippen molar-refractivity contribution in [2.75, 3.05) is 0 Å². The molecule has 170 valence electrons. The highest BCUT2D eigenvalue weighted by Crippen LogP contribution is 2.41. The third kappa shape index (κ3) is 4.81. The Labute approximate surface area is 189 Å². The van der Waals surface area contributed by atoms with Crippen molar-refractivity contribution in [1.82, 2.24) is 9.55 Å². The predicted octanol–water partition coefficient (Wildman–Crippen LogP) is 6.88. The molecule has 5 heteroatoms. The van der Waals surface area contributed by atoms with E-state index in [4.69, 9.17) is 10.7 Å². The number of rotatable bonds is 6. The molecule has 1 aromatic heterocycles. The van der Waals surface area contributed by atoms with Crippen LogP contribution in [0.15, 0.2) is 58.4 Å². The van der Waals surface area contributed by atoms with Crippen LogP contribution in [0.3, 0.4) is 0 Å². The van der Waals surface area contributed by atoms with E-state index in [-0.39, 0.29) is 14.6 Å². The second-order valence-corrected chi connectivity index (χ2v) is 8.86. The van der Waals surface area contributed by atoms with E-state index >= 15 is 0 Å². The molecule has 0 radical (unpaired) electrons. The van der Waals surface area contributed by atoms with Crippen LogP contribution in [0.25, 0.3) is 0 Å². The highest BCUT2D eigenvalue weighted by atomic mass is 16.1. The van der Waals surface area contributed by atoms with Crippen molar-refractivity contribution in [3.63, 3.8) is 0 Å². The zero-order chi connectivity index (χ0) is 22.7. The Morgan fingerprint density at radius 1 is 1.32 bits per heavy atom. The Balaban J connectivity index is 0.00000133. The quantitative estimate of drug-likeness (QED) is 0.506. The Kier molecular flexibility index (Phi) is 7.14. The summed E-state index contributed by atoms with van der Waals surface area (Å²) >= 11 is 0. The Morgan fingerprint density at radius 3 is 2.74 bits per heavy atom. The van der Waals surface area contributed by atoms with E-state index in [9.17, 15) is 4.79 Å². The lowest BCUT2D eigenvalue weighted by Gasteiger charge is -2.27. The van der Waals surface area contributed by atoms with Gasteiger partial charge in [-0.2, -0.15) is 0 Å². The first-order chi connectivity index (χ1) is 14.8. The molecular formula is C26H40N4O. The van der Waals surface area contributed by atoms with E-state index in [1.807, 2.05) is 25.3 Å². The van der Waals surface area contributed by atoms with Gasteiger partial charge < -0.3 is 10.3 Å². The maximum Gasteiger partial charge on any atom is 0.271 e. The van der Waals surface area contributed by atoms with Crippen molar-refractivity contribution >= 4 is 17.4 Å². The number of aromatic nitrogens is 2. The highest BCUT2D eigenvalue weighted by molar-refractivity contribution is 6.04. The second-order valence-electron chi connectivity index (χ2n) is 8.86. The third-order valence-electron chi connectivity index (χ3n) is 6.53. The van der Waals surface area contributed by atoms with Gasteiger partial charge in [-0.3, -0.25) is 4.79 Å². The van der Waals surface area contributed by atoms with Crippen molar-refractivity contribution in [3.05, 3.63) is 59.1 Å². The highest BCUT2D eigenvalue weighted by Gasteiger charge is 2.29. The summed E-state index contributed by atoms with van der Waals surface area (Å²) in [7, 11) is 0. The van der Waals surface area contributed by atoms with Crippen LogP contribution >= 0.6 is 0 Å². The molecule has 2 atom stereocenters. The minimum absolute atomic E-state index is 0. The Morgan fingerprint density at radius 2 is 2.06 bits per heavy atom. The molecule has 0 bridgehead atoms. The molecule has 2 N–H and O–H groups in total. The summed E-state index contributed by atoms with van der Waals surface area (Å²) in [4.78, 5) is 20.7. The van der Waals surface area contributed by atoms with Gasteiger partial charge in [-0.15, -0.1) is 0 Å². The average molecular weight is 425 g/mol. The van der Waals surface area contributed by atoms with Crippen LogP contribution in [0.2, 0.25) is 0 Å². The largest absolute Gasteiger partial charge is 0.364 e. The van der Waals surface area contributed by atoms with Gasteiger partial charge in [-0.1, -0.05) is 49.8 Å². The summed E-state index contributed by atoms with van der Waals surface area (Å²) in [6.45, 7) is 16.7. The summed E-state index contributed by atoms with van der Waals surface area (Å²) < 4.78 is 1.91. The van der Waals surface area contributed by atoms with Crippen LogP contribution in [-0.4, -0.2) is 21.2 Å². The summed E-state index contributed by atoms with van der Waals surface area (Å²) in [5.41, 5.74) is 13.5. The molecule has 0 saturated heterocycles. The summed E-state index contributed by atoms with van der Waals surface area (Å²) in [6, 6.07) is 0.0313. The number of nitrogens with zero attached hydrogens (tertiary/aromatic N) is 3. The van der Waals surface area contributed by atoms with E-state index < -0.39 is 5.91 Å². The van der Waals surface area contributed by atoms with Gasteiger partial charge in [0, 0.05) is 15.0 Å². The first kappa shape index (κ1) is 23.0. The number of fused-ring (bicyclic) bond motifs is 1. The monoisotopic (exact) mass is 424 g/mol. The number of amides is 1. The molecule has 5 nitrogen and oxygen atoms in total. The van der Waals surface area contributed by atoms with E-state index in [0.717, 1.165) is 36.1 Å². The number of hydrogen-bond donors (Lipinski definition) is 1. The number of primary amides is 1. The molecule has 3 aliphatic rings. The lowest BCUT2D eigenvalue weighted by molar-refractivity contribution is 0.0996. The van der Waals surface area contributed by atoms with Crippen molar-refractivity contribution in [1.29, 1.82) is 0 Å². The topological polar surface area (TPSA) is 73.3 Å². The smallest absolute Gasteiger partial charge is 0.271 e. The molecule has 1 aliphatic heterocycles. The number of carbonyl (C=O) groups excluding carboxylic acids is 1. The fraction of sp³-hybridized carbons (Fsp3) is 0.500. The maximum absolute atomic E-state index is 11.8. The minimum atomic E-state index is -0.555. The molecule has 0 spiro atoms. The van der Waals surface area contributed by atoms with Crippen molar-refractivity contribution in [3.8, 4) is 0 Å². The first-order valence-corrected chi connectivity index (χ1v) is 11.5. The molecule has 0 saturated carbocycles. The van der Waals surface area contributed by atoms with E-state index in [1.54, 1.807) is 17.5 Å². The van der Waals surface area contributed by atoms with Gasteiger partial charge in [0.1, 0.15) is 0 Å². The number of aliphatic imine (C=N–C) groups is 1. The van der Waals surface area contributed by atoms with Gasteiger partial charge in [0.05, 0.1) is 12.4 Å². The summed E-state index contributed by atoms with van der Waals surface area (Å²) in [6.07, 6.45) is 11.7. The summed E-state index contributed by atoms with van der Waals surface area (Å²) in [5, 5.41) is 0. The lowest BCUT2D eigenvalue weighted by Crippen LogP contribution is -2.21. The molecule has 0 fully saturated rings. The number of carbonyl (C=O) groups is 1. The fourth-order valence-corrected chi connectivity index (χ4v) is 4.87. The molecule has 2 unspecified atom stereocenters. The molecular weight excluding hydrogens is 384 g/mol. The molecule has 4 rings (SSSR count). The number of allylic oxidation sites excluding steroid dienone is 6. The molecule has 0 aromatic carbocycles. The van der Waals surface area contributed by atoms with Crippen molar-refractivity contribution in [2.45, 2.75) is 78.7 Å². The normalized spacial score (nSPS) is 21.9. The SMILES string of the molecule is C=C(CCC1CCC2=C(C=C(C)C2)C1)C1=Nc2c(C(N)=O)ncn2C(C(=C)C)C1.CC.[HH].[HH]. The van der Waals surface area contributed by atoms with Crippen LogP contribution in [0.1, 0.15) is 92.0 Å². The van der Waals surface area contributed by atoms with Crippen LogP contribution in [0.4, 0.5) is 5.82 Å². The van der Waals surface area contributed by atoms with Crippen LogP contribution in [0.5, 0.6) is 0 Å². The Bertz CT molecular complexity index is 1000. The minimum Gasteiger partial charge on any atom is -0.364 e. The molecule has 1 amide bonds. The third-order valence-corrected chi connectivity index (χ3v) is 6.53. The summed E-state index contributed by atoms with van der Waals surface area (Å²) in [5.74, 6) is 0.688. The average Bonchev–Trinajstić information content (AvgIpc) is 3.34. The molecule has 1 aromatic rings. The van der Waals surface area contributed by atoms with Gasteiger partial charge >= 0.3 is 0 Å². The fourth-order valence-electron chi connectivity index (χ4n) is 4.87. The van der Waals surface area contributed by atoms with Gasteiger partial charge in [0.15, 0.2) is 11.5 Å². The second kappa shape index (κ2) is 9.63. The van der Waals surface area contributed by atoms with Gasteiger partial charge in [0.2, 0.25) is 0 Å². The van der Waals surface area contributed by atoms with Gasteiger partial charge in [-0.05, 0) is 69.4 Å². The van der Waals surface area contributed by atoms with Crippen LogP contribution in [-0.2, 0) is 0 Å². The number of nitrogens with two attached hydrogens (primary N) is 1. The van der Waals surface area contributed by atoms with Gasteiger partial charge in [0.25, 0.3) is 5.91 Å². The maximum atomic E-state index is 11.8. The molecule has 2 heterocycles. The molecule has 31 heavy (non-hydrogen) atoms. The van der Waals surface area contributed by atoms with E-state index in [2.05, 4.69) is 31.1 Å². The van der Waals surface area contributed by atoms with E-state index in [1.165, 1.54) is 31.3 Å². The van der Waals surface area contributed by atoms with Crippen molar-refractivity contribution in [2.24, 2.45) is 16.6 Å². The van der Waals surface area contributed by atoms with Gasteiger partial charge in [-0.25, -0.2) is 9.98 Å². The zero-order valence-corrected chi connectivity index (χ0v) is 19.5. The van der Waals surface area contributed by atoms with Crippen molar-refractivity contribution < 1.29 is 7.65 Å². The Hall–Kier alpha value is -2.69. The number of imidazole rings is 1. The molecule has 2 aliphatic carbocycles. The lowest BCUT2D eigenvalue weighted by atomic mass is 9.81. The van der Waals surface area contributed by atoms with Crippen LogP contribution in [0, 0.1) is 5.92 Å². The predicted molar refractivity (Wildman–Crippen MR) is 133 cm³/mol.